The van der Waals surface area contributed by atoms with Gasteiger partial charge in [-0.2, -0.15) is 0 Å². The Morgan fingerprint density at radius 1 is 1.12 bits per heavy atom. The minimum atomic E-state index is -0.939. The number of imide groups is 1. The van der Waals surface area contributed by atoms with Crippen LogP contribution in [0.4, 0.5) is 5.82 Å². The smallest absolute Gasteiger partial charge is 0.338 e. The van der Waals surface area contributed by atoms with Gasteiger partial charge in [-0.05, 0) is 24.6 Å². The molecule has 33 heavy (non-hydrogen) atoms. The number of nitrogens with two attached hydrogens (primary N) is 1. The molecule has 11 nitrogen and oxygen atoms in total. The molecular weight excluding hydrogens is 432 g/mol. The van der Waals surface area contributed by atoms with Crippen molar-refractivity contribution >= 4 is 29.4 Å². The van der Waals surface area contributed by atoms with Crippen molar-refractivity contribution in [3.63, 3.8) is 0 Å². The van der Waals surface area contributed by atoms with Crippen LogP contribution in [0.15, 0.2) is 40.4 Å². The summed E-state index contributed by atoms with van der Waals surface area (Å²) < 4.78 is 6.88. The van der Waals surface area contributed by atoms with Crippen LogP contribution in [0.1, 0.15) is 54.8 Å². The molecule has 1 aliphatic heterocycles. The highest BCUT2D eigenvalue weighted by Gasteiger charge is 2.35. The zero-order chi connectivity index (χ0) is 24.4. The summed E-state index contributed by atoms with van der Waals surface area (Å²) in [7, 11) is 1.22. The van der Waals surface area contributed by atoms with E-state index in [9.17, 15) is 28.8 Å². The lowest BCUT2D eigenvalue weighted by atomic mass is 10.1. The molecule has 0 spiro atoms. The van der Waals surface area contributed by atoms with Crippen LogP contribution in [0.5, 0.6) is 0 Å². The van der Waals surface area contributed by atoms with Crippen molar-refractivity contribution < 1.29 is 23.9 Å². The number of hydrogen-bond donors (Lipinski definition) is 1. The second-order valence-corrected chi connectivity index (χ2v) is 7.33. The van der Waals surface area contributed by atoms with Gasteiger partial charge in [0.2, 0.25) is 5.78 Å². The number of amides is 2. The fourth-order valence-electron chi connectivity index (χ4n) is 3.48. The zero-order valence-electron chi connectivity index (χ0n) is 18.1. The quantitative estimate of drug-likeness (QED) is 0.260. The SMILES string of the molecule is C=CCN1C(=O)c2ccc(C(=O)OCC(=O)c3c(N)n(CCC)c(=O)n(C)c3=O)cc2C1=O. The molecule has 1 aromatic carbocycles. The fourth-order valence-corrected chi connectivity index (χ4v) is 3.48. The Hall–Kier alpha value is -4.28. The van der Waals surface area contributed by atoms with Gasteiger partial charge in [0.05, 0.1) is 16.7 Å². The molecule has 3 rings (SSSR count). The Morgan fingerprint density at radius 2 is 1.79 bits per heavy atom. The number of ketones is 1. The van der Waals surface area contributed by atoms with E-state index < -0.39 is 47.0 Å². The molecule has 1 aromatic heterocycles. The highest BCUT2D eigenvalue weighted by molar-refractivity contribution is 6.22. The van der Waals surface area contributed by atoms with E-state index in [4.69, 9.17) is 10.5 Å². The van der Waals surface area contributed by atoms with Crippen LogP contribution in [0.2, 0.25) is 0 Å². The van der Waals surface area contributed by atoms with Gasteiger partial charge in [0.15, 0.2) is 6.61 Å². The highest BCUT2D eigenvalue weighted by atomic mass is 16.5. The number of ether oxygens (including phenoxy) is 1. The van der Waals surface area contributed by atoms with E-state index in [0.29, 0.717) is 6.42 Å². The standard InChI is InChI=1S/C22H22N4O7/c1-4-8-25-17(23)16(20(30)24(3)22(25)32)15(27)11-33-21(31)12-6-7-13-14(10-12)19(29)26(9-5-2)18(13)28/h5-7,10H,2,4,8-9,11,23H2,1,3H3. The average molecular weight is 454 g/mol. The highest BCUT2D eigenvalue weighted by Crippen LogP contribution is 2.24. The van der Waals surface area contributed by atoms with E-state index in [1.54, 1.807) is 6.92 Å². The first-order valence-electron chi connectivity index (χ1n) is 10.0. The number of esters is 1. The number of benzene rings is 1. The van der Waals surface area contributed by atoms with Crippen molar-refractivity contribution in [3.05, 3.63) is 73.9 Å². The first kappa shape index (κ1) is 23.4. The lowest BCUT2D eigenvalue weighted by Crippen LogP contribution is -2.43. The van der Waals surface area contributed by atoms with Gasteiger partial charge in [-0.1, -0.05) is 13.0 Å². The second-order valence-electron chi connectivity index (χ2n) is 7.33. The Kier molecular flexibility index (Phi) is 6.43. The van der Waals surface area contributed by atoms with E-state index in [0.717, 1.165) is 14.0 Å². The Balaban J connectivity index is 1.82. The van der Waals surface area contributed by atoms with Gasteiger partial charge in [-0.15, -0.1) is 6.58 Å². The Bertz CT molecular complexity index is 1320. The first-order valence-corrected chi connectivity index (χ1v) is 10.0. The number of carbonyl (C=O) groups excluding carboxylic acids is 4. The van der Waals surface area contributed by atoms with E-state index >= 15 is 0 Å². The fraction of sp³-hybridized carbons (Fsp3) is 0.273. The van der Waals surface area contributed by atoms with Gasteiger partial charge in [-0.3, -0.25) is 33.2 Å². The second kappa shape index (κ2) is 9.07. The van der Waals surface area contributed by atoms with E-state index in [1.807, 2.05) is 0 Å². The molecular formula is C22H22N4O7. The Morgan fingerprint density at radius 3 is 2.42 bits per heavy atom. The maximum absolute atomic E-state index is 12.6. The van der Waals surface area contributed by atoms with Crippen molar-refractivity contribution in [2.24, 2.45) is 7.05 Å². The molecule has 0 bridgehead atoms. The number of fused-ring (bicyclic) bond motifs is 1. The molecule has 2 amide bonds. The molecule has 0 unspecified atom stereocenters. The molecule has 2 aromatic rings. The molecule has 172 valence electrons. The van der Waals surface area contributed by atoms with E-state index in [1.165, 1.54) is 31.3 Å². The first-order chi connectivity index (χ1) is 15.6. The predicted molar refractivity (Wildman–Crippen MR) is 117 cm³/mol. The lowest BCUT2D eigenvalue weighted by Gasteiger charge is -2.14. The molecule has 11 heteroatoms. The normalized spacial score (nSPS) is 12.6. The van der Waals surface area contributed by atoms with Gasteiger partial charge in [0, 0.05) is 20.1 Å². The molecule has 0 aliphatic carbocycles. The summed E-state index contributed by atoms with van der Waals surface area (Å²) in [5.74, 6) is -3.19. The summed E-state index contributed by atoms with van der Waals surface area (Å²) in [6, 6.07) is 3.83. The van der Waals surface area contributed by atoms with Crippen molar-refractivity contribution in [1.29, 1.82) is 0 Å². The molecule has 0 radical (unpaired) electrons. The number of nitrogen functional groups attached to an aromatic ring is 1. The molecule has 0 fully saturated rings. The summed E-state index contributed by atoms with van der Waals surface area (Å²) in [6.45, 7) is 4.71. The van der Waals surface area contributed by atoms with Crippen LogP contribution in [-0.4, -0.2) is 50.8 Å². The molecule has 1 aliphatic rings. The third kappa shape index (κ3) is 4.00. The van der Waals surface area contributed by atoms with Crippen molar-refractivity contribution in [1.82, 2.24) is 14.0 Å². The molecule has 2 N–H and O–H groups in total. The van der Waals surface area contributed by atoms with Crippen LogP contribution >= 0.6 is 0 Å². The minimum Gasteiger partial charge on any atom is -0.454 e. The number of aromatic nitrogens is 2. The maximum Gasteiger partial charge on any atom is 0.338 e. The Labute approximate surface area is 187 Å². The monoisotopic (exact) mass is 454 g/mol. The molecule has 0 atom stereocenters. The summed E-state index contributed by atoms with van der Waals surface area (Å²) in [6.07, 6.45) is 1.94. The van der Waals surface area contributed by atoms with Crippen molar-refractivity contribution in [2.45, 2.75) is 19.9 Å². The van der Waals surface area contributed by atoms with Crippen LogP contribution < -0.4 is 17.0 Å². The summed E-state index contributed by atoms with van der Waals surface area (Å²) in [5.41, 5.74) is 4.01. The summed E-state index contributed by atoms with van der Waals surface area (Å²) >= 11 is 0. The van der Waals surface area contributed by atoms with Gasteiger partial charge in [0.25, 0.3) is 17.4 Å². The van der Waals surface area contributed by atoms with Gasteiger partial charge < -0.3 is 10.5 Å². The number of Topliss-reactive ketones (excluding diaryl/α,β-unsaturated/α-hetero) is 1. The average Bonchev–Trinajstić information content (AvgIpc) is 3.03. The van der Waals surface area contributed by atoms with Crippen LogP contribution in [-0.2, 0) is 18.3 Å². The number of nitrogens with zero attached hydrogens (tertiary/aromatic N) is 3. The zero-order valence-corrected chi connectivity index (χ0v) is 18.1. The van der Waals surface area contributed by atoms with Crippen LogP contribution in [0.25, 0.3) is 0 Å². The minimum absolute atomic E-state index is 0.0250. The van der Waals surface area contributed by atoms with Crippen molar-refractivity contribution in [3.8, 4) is 0 Å². The van der Waals surface area contributed by atoms with E-state index in [2.05, 4.69) is 6.58 Å². The largest absolute Gasteiger partial charge is 0.454 e. The molecule has 0 saturated carbocycles. The number of carbonyl (C=O) groups is 4. The lowest BCUT2D eigenvalue weighted by molar-refractivity contribution is 0.0474. The molecule has 2 heterocycles. The predicted octanol–water partition coefficient (Wildman–Crippen LogP) is 0.361. The summed E-state index contributed by atoms with van der Waals surface area (Å²) in [4.78, 5) is 75.4. The number of anilines is 1. The third-order valence-electron chi connectivity index (χ3n) is 5.16. The third-order valence-corrected chi connectivity index (χ3v) is 5.16. The van der Waals surface area contributed by atoms with Crippen LogP contribution in [0.3, 0.4) is 0 Å². The van der Waals surface area contributed by atoms with Gasteiger partial charge >= 0.3 is 11.7 Å². The maximum atomic E-state index is 12.6. The van der Waals surface area contributed by atoms with Crippen molar-refractivity contribution in [2.75, 3.05) is 18.9 Å². The summed E-state index contributed by atoms with van der Waals surface area (Å²) in [5, 5.41) is 0. The molecule has 0 saturated heterocycles. The van der Waals surface area contributed by atoms with Gasteiger partial charge in [-0.25, -0.2) is 9.59 Å². The topological polar surface area (TPSA) is 151 Å². The number of hydrogen-bond acceptors (Lipinski definition) is 8. The number of rotatable bonds is 8. The van der Waals surface area contributed by atoms with Crippen LogP contribution in [0, 0.1) is 0 Å². The van der Waals surface area contributed by atoms with E-state index in [-0.39, 0.29) is 35.6 Å². The van der Waals surface area contributed by atoms with Gasteiger partial charge in [0.1, 0.15) is 11.4 Å².